The Bertz CT molecular complexity index is 1600. The predicted molar refractivity (Wildman–Crippen MR) is 145 cm³/mol. The normalized spacial score (nSPS) is 15.4. The van der Waals surface area contributed by atoms with Gasteiger partial charge in [0.1, 0.15) is 34.5 Å². The molecule has 38 heavy (non-hydrogen) atoms. The van der Waals surface area contributed by atoms with Crippen LogP contribution in [0, 0.1) is 18.6 Å². The minimum atomic E-state index is -0.443. The maximum Gasteiger partial charge on any atom is 0.159 e. The molecule has 1 atom stereocenters. The van der Waals surface area contributed by atoms with E-state index in [2.05, 4.69) is 10.3 Å². The first-order chi connectivity index (χ1) is 18.5. The lowest BCUT2D eigenvalue weighted by Crippen LogP contribution is -2.24. The maximum absolute atomic E-state index is 14.7. The zero-order chi connectivity index (χ0) is 26.2. The molecule has 3 aromatic heterocycles. The minimum absolute atomic E-state index is 0.290. The smallest absolute Gasteiger partial charge is 0.159 e. The van der Waals surface area contributed by atoms with Crippen LogP contribution in [0.15, 0.2) is 60.2 Å². The van der Waals surface area contributed by atoms with Crippen LogP contribution in [0.5, 0.6) is 5.75 Å². The number of rotatable bonds is 7. The molecular weight excluding hydrogens is 506 g/mol. The molecule has 0 spiro atoms. The average molecular weight is 533 g/mol. The van der Waals surface area contributed by atoms with Crippen molar-refractivity contribution in [2.24, 2.45) is 0 Å². The summed E-state index contributed by atoms with van der Waals surface area (Å²) in [6, 6.07) is 13.2. The van der Waals surface area contributed by atoms with E-state index in [9.17, 15) is 8.78 Å². The van der Waals surface area contributed by atoms with E-state index in [-0.39, 0.29) is 6.04 Å². The summed E-state index contributed by atoms with van der Waals surface area (Å²) in [5.41, 5.74) is 4.09. The molecule has 7 nitrogen and oxygen atoms in total. The largest absolute Gasteiger partial charge is 0.497 e. The molecule has 0 amide bonds. The number of aromatic nitrogens is 4. The molecule has 1 fully saturated rings. The first-order valence-corrected chi connectivity index (χ1v) is 13.3. The van der Waals surface area contributed by atoms with Gasteiger partial charge in [-0.05, 0) is 55.7 Å². The summed E-state index contributed by atoms with van der Waals surface area (Å²) in [4.78, 5) is 11.4. The summed E-state index contributed by atoms with van der Waals surface area (Å²) in [5.74, 6) is 1.35. The summed E-state index contributed by atoms with van der Waals surface area (Å²) < 4.78 is 35.7. The number of aryl methyl sites for hydroxylation is 1. The summed E-state index contributed by atoms with van der Waals surface area (Å²) in [6.07, 6.45) is 3.25. The highest BCUT2D eigenvalue weighted by Gasteiger charge is 2.30. The maximum atomic E-state index is 14.7. The Balaban J connectivity index is 1.38. The highest BCUT2D eigenvalue weighted by atomic mass is 32.1. The fourth-order valence-electron chi connectivity index (χ4n) is 4.97. The molecule has 1 aliphatic rings. The Labute approximate surface area is 222 Å². The van der Waals surface area contributed by atoms with Crippen molar-refractivity contribution >= 4 is 28.5 Å². The number of anilines is 2. The van der Waals surface area contributed by atoms with Gasteiger partial charge >= 0.3 is 0 Å². The molecule has 0 radical (unpaired) electrons. The molecule has 0 bridgehead atoms. The standard InChI is InChI=1S/C28H26F2N6OS/c1-17-15-38-28(33-17)26-24-13-25(35-11-3-4-23(35)21-12-19(29)7-10-22(21)30)32-16-36(24)34-27(26)31-14-18-5-8-20(37-2)9-6-18/h5-10,12-13,15-16,23H,3-4,11,14H2,1-2H3,(H,31,34). The van der Waals surface area contributed by atoms with Crippen LogP contribution in [-0.2, 0) is 6.54 Å². The van der Waals surface area contributed by atoms with Crippen molar-refractivity contribution in [1.29, 1.82) is 0 Å². The van der Waals surface area contributed by atoms with Crippen molar-refractivity contribution in [2.45, 2.75) is 32.4 Å². The first-order valence-electron chi connectivity index (χ1n) is 12.4. The van der Waals surface area contributed by atoms with Gasteiger partial charge in [-0.25, -0.2) is 23.3 Å². The van der Waals surface area contributed by atoms with Gasteiger partial charge in [-0.15, -0.1) is 16.4 Å². The van der Waals surface area contributed by atoms with Crippen molar-refractivity contribution in [3.05, 3.63) is 88.7 Å². The molecule has 1 saturated heterocycles. The van der Waals surface area contributed by atoms with Gasteiger partial charge in [-0.1, -0.05) is 12.1 Å². The summed E-state index contributed by atoms with van der Waals surface area (Å²) in [5, 5.41) is 11.1. The van der Waals surface area contributed by atoms with Crippen LogP contribution in [0.4, 0.5) is 20.4 Å². The molecule has 10 heteroatoms. The molecule has 4 heterocycles. The highest BCUT2D eigenvalue weighted by Crippen LogP contribution is 2.39. The lowest BCUT2D eigenvalue weighted by Gasteiger charge is -2.26. The third-order valence-corrected chi connectivity index (χ3v) is 7.81. The summed E-state index contributed by atoms with van der Waals surface area (Å²) in [7, 11) is 1.65. The Hall–Kier alpha value is -4.05. The molecule has 194 valence electrons. The molecule has 0 saturated carbocycles. The topological polar surface area (TPSA) is 67.6 Å². The highest BCUT2D eigenvalue weighted by molar-refractivity contribution is 7.13. The summed E-state index contributed by atoms with van der Waals surface area (Å²) in [6.45, 7) is 3.23. The Morgan fingerprint density at radius 3 is 2.74 bits per heavy atom. The predicted octanol–water partition coefficient (Wildman–Crippen LogP) is 6.40. The van der Waals surface area contributed by atoms with Crippen LogP contribution in [0.25, 0.3) is 16.1 Å². The second-order valence-electron chi connectivity index (χ2n) is 9.31. The SMILES string of the molecule is COc1ccc(CNc2nn3cnc(N4CCCC4c4cc(F)ccc4F)cc3c2-c2nc(C)cs2)cc1. The van der Waals surface area contributed by atoms with E-state index in [0.29, 0.717) is 30.3 Å². The minimum Gasteiger partial charge on any atom is -0.497 e. The molecule has 0 aliphatic carbocycles. The van der Waals surface area contributed by atoms with Gasteiger partial charge in [0.05, 0.1) is 24.2 Å². The number of ether oxygens (including phenoxy) is 1. The summed E-state index contributed by atoms with van der Waals surface area (Å²) >= 11 is 1.56. The van der Waals surface area contributed by atoms with Crippen LogP contribution in [0.3, 0.4) is 0 Å². The van der Waals surface area contributed by atoms with E-state index < -0.39 is 11.6 Å². The van der Waals surface area contributed by atoms with E-state index in [0.717, 1.165) is 52.0 Å². The fourth-order valence-corrected chi connectivity index (χ4v) is 5.82. The third kappa shape index (κ3) is 4.56. The zero-order valence-electron chi connectivity index (χ0n) is 21.0. The van der Waals surface area contributed by atoms with Gasteiger partial charge in [0.2, 0.25) is 0 Å². The Morgan fingerprint density at radius 1 is 1.13 bits per heavy atom. The van der Waals surface area contributed by atoms with Crippen molar-refractivity contribution in [2.75, 3.05) is 23.9 Å². The van der Waals surface area contributed by atoms with Crippen LogP contribution >= 0.6 is 11.3 Å². The molecule has 2 aromatic carbocycles. The van der Waals surface area contributed by atoms with E-state index in [1.54, 1.807) is 29.3 Å². The number of hydrogen-bond acceptors (Lipinski definition) is 7. The number of benzene rings is 2. The number of nitrogens with zero attached hydrogens (tertiary/aromatic N) is 5. The van der Waals surface area contributed by atoms with E-state index in [4.69, 9.17) is 14.8 Å². The second-order valence-corrected chi connectivity index (χ2v) is 10.2. The van der Waals surface area contributed by atoms with Gasteiger partial charge in [0, 0.05) is 35.8 Å². The zero-order valence-corrected chi connectivity index (χ0v) is 21.8. The molecule has 1 unspecified atom stereocenters. The average Bonchev–Trinajstić information content (AvgIpc) is 3.66. The van der Waals surface area contributed by atoms with Crippen molar-refractivity contribution < 1.29 is 13.5 Å². The molecule has 6 rings (SSSR count). The van der Waals surface area contributed by atoms with Crippen LogP contribution in [0.1, 0.15) is 35.7 Å². The van der Waals surface area contributed by atoms with Gasteiger partial charge in [-0.2, -0.15) is 0 Å². The number of thiazole rings is 1. The Kier molecular flexibility index (Phi) is 6.40. The van der Waals surface area contributed by atoms with Gasteiger partial charge in [0.15, 0.2) is 5.82 Å². The number of fused-ring (bicyclic) bond motifs is 1. The lowest BCUT2D eigenvalue weighted by molar-refractivity contribution is 0.414. The van der Waals surface area contributed by atoms with Crippen molar-refractivity contribution in [3.63, 3.8) is 0 Å². The van der Waals surface area contributed by atoms with Gasteiger partial charge in [0.25, 0.3) is 0 Å². The van der Waals surface area contributed by atoms with Gasteiger partial charge in [-0.3, -0.25) is 0 Å². The monoisotopic (exact) mass is 532 g/mol. The molecule has 1 N–H and O–H groups in total. The fraction of sp³-hybridized carbons (Fsp3) is 0.250. The molecule has 5 aromatic rings. The van der Waals surface area contributed by atoms with Crippen LogP contribution < -0.4 is 15.0 Å². The van der Waals surface area contributed by atoms with Crippen LogP contribution in [-0.4, -0.2) is 33.2 Å². The Morgan fingerprint density at radius 2 is 1.97 bits per heavy atom. The number of halogens is 2. The van der Waals surface area contributed by atoms with Gasteiger partial charge < -0.3 is 15.0 Å². The van der Waals surface area contributed by atoms with Crippen molar-refractivity contribution in [3.8, 4) is 16.3 Å². The third-order valence-electron chi connectivity index (χ3n) is 6.83. The number of nitrogens with one attached hydrogen (secondary N) is 1. The second kappa shape index (κ2) is 10.0. The number of methoxy groups -OCH3 is 1. The van der Waals surface area contributed by atoms with E-state index in [1.165, 1.54) is 12.1 Å². The molecular formula is C28H26F2N6OS. The quantitative estimate of drug-likeness (QED) is 0.262. The molecule has 1 aliphatic heterocycles. The van der Waals surface area contributed by atoms with E-state index >= 15 is 0 Å². The van der Waals surface area contributed by atoms with E-state index in [1.807, 2.05) is 47.5 Å². The number of hydrogen-bond donors (Lipinski definition) is 1. The van der Waals surface area contributed by atoms with Crippen molar-refractivity contribution in [1.82, 2.24) is 19.6 Å². The van der Waals surface area contributed by atoms with Crippen LogP contribution in [0.2, 0.25) is 0 Å². The first kappa shape index (κ1) is 24.3. The lowest BCUT2D eigenvalue weighted by atomic mass is 10.0.